The maximum Gasteiger partial charge on any atom is 0.321 e. The SMILES string of the molecule is O=C(Nc1ccc(Oc2ccccc2)cc1)N1CCN(c2ncnc3c2cnn3-c2ccccc2)CC1. The molecule has 0 unspecified atom stereocenters. The van der Waals surface area contributed by atoms with E-state index in [-0.39, 0.29) is 6.03 Å². The molecule has 0 bridgehead atoms. The summed E-state index contributed by atoms with van der Waals surface area (Å²) in [6.45, 7) is 2.50. The lowest BCUT2D eigenvalue weighted by Crippen LogP contribution is -2.50. The third kappa shape index (κ3) is 4.79. The number of piperazine rings is 1. The van der Waals surface area contributed by atoms with Crippen LogP contribution >= 0.6 is 0 Å². The number of nitrogens with one attached hydrogen (secondary N) is 1. The molecule has 3 heterocycles. The van der Waals surface area contributed by atoms with Crippen LogP contribution in [-0.4, -0.2) is 56.9 Å². The van der Waals surface area contributed by atoms with Gasteiger partial charge in [-0.1, -0.05) is 36.4 Å². The van der Waals surface area contributed by atoms with E-state index in [2.05, 4.69) is 25.3 Å². The molecule has 1 aliphatic rings. The first-order valence-electron chi connectivity index (χ1n) is 12.1. The Labute approximate surface area is 213 Å². The van der Waals surface area contributed by atoms with Crippen molar-refractivity contribution < 1.29 is 9.53 Å². The standard InChI is InChI=1S/C28H25N7O2/c36-28(32-21-11-13-24(14-12-21)37-23-9-5-2-6-10-23)34-17-15-33(16-18-34)26-25-19-31-35(27(25)30-20-29-26)22-7-3-1-4-8-22/h1-14,19-20H,15-18H2,(H,32,36). The van der Waals surface area contributed by atoms with Gasteiger partial charge in [0.05, 0.1) is 17.3 Å². The number of aromatic nitrogens is 4. The Bertz CT molecular complexity index is 1500. The van der Waals surface area contributed by atoms with Gasteiger partial charge in [-0.05, 0) is 48.5 Å². The molecule has 0 radical (unpaired) electrons. The molecule has 3 aromatic carbocycles. The van der Waals surface area contributed by atoms with Crippen molar-refractivity contribution in [3.8, 4) is 17.2 Å². The summed E-state index contributed by atoms with van der Waals surface area (Å²) in [4.78, 5) is 25.9. The van der Waals surface area contributed by atoms with Gasteiger partial charge < -0.3 is 19.9 Å². The maximum atomic E-state index is 12.9. The van der Waals surface area contributed by atoms with E-state index in [0.717, 1.165) is 34.0 Å². The first-order valence-corrected chi connectivity index (χ1v) is 12.1. The van der Waals surface area contributed by atoms with Crippen molar-refractivity contribution in [1.82, 2.24) is 24.6 Å². The van der Waals surface area contributed by atoms with Crippen molar-refractivity contribution in [2.45, 2.75) is 0 Å². The highest BCUT2D eigenvalue weighted by molar-refractivity contribution is 5.90. The minimum Gasteiger partial charge on any atom is -0.457 e. The molecule has 2 aromatic heterocycles. The highest BCUT2D eigenvalue weighted by Gasteiger charge is 2.24. The van der Waals surface area contributed by atoms with E-state index in [1.54, 1.807) is 6.33 Å². The summed E-state index contributed by atoms with van der Waals surface area (Å²) in [7, 11) is 0. The molecule has 9 heteroatoms. The molecule has 1 N–H and O–H groups in total. The van der Waals surface area contributed by atoms with Crippen LogP contribution in [0.15, 0.2) is 97.5 Å². The van der Waals surface area contributed by atoms with Crippen LogP contribution in [0.5, 0.6) is 11.5 Å². The van der Waals surface area contributed by atoms with Crippen LogP contribution in [0.2, 0.25) is 0 Å². The van der Waals surface area contributed by atoms with Gasteiger partial charge in [-0.2, -0.15) is 5.10 Å². The number of benzene rings is 3. The Balaban J connectivity index is 1.08. The second-order valence-corrected chi connectivity index (χ2v) is 8.67. The smallest absolute Gasteiger partial charge is 0.321 e. The fourth-order valence-corrected chi connectivity index (χ4v) is 4.40. The van der Waals surface area contributed by atoms with Crippen LogP contribution in [0.4, 0.5) is 16.3 Å². The lowest BCUT2D eigenvalue weighted by Gasteiger charge is -2.35. The number of para-hydroxylation sites is 2. The van der Waals surface area contributed by atoms with Crippen molar-refractivity contribution in [1.29, 1.82) is 0 Å². The number of anilines is 2. The minimum absolute atomic E-state index is 0.124. The van der Waals surface area contributed by atoms with E-state index in [9.17, 15) is 4.79 Å². The van der Waals surface area contributed by atoms with Crippen molar-refractivity contribution in [3.05, 3.63) is 97.5 Å². The van der Waals surface area contributed by atoms with Crippen LogP contribution in [0.1, 0.15) is 0 Å². The van der Waals surface area contributed by atoms with Crippen molar-refractivity contribution in [3.63, 3.8) is 0 Å². The number of carbonyl (C=O) groups is 1. The van der Waals surface area contributed by atoms with E-state index in [0.29, 0.717) is 31.9 Å². The van der Waals surface area contributed by atoms with Gasteiger partial charge in [0.25, 0.3) is 0 Å². The summed E-state index contributed by atoms with van der Waals surface area (Å²) >= 11 is 0. The number of fused-ring (bicyclic) bond motifs is 1. The van der Waals surface area contributed by atoms with E-state index in [1.807, 2.05) is 101 Å². The molecule has 1 fully saturated rings. The molecular formula is C28H25N7O2. The zero-order valence-corrected chi connectivity index (χ0v) is 20.1. The predicted molar refractivity (Wildman–Crippen MR) is 142 cm³/mol. The molecule has 1 aliphatic heterocycles. The zero-order chi connectivity index (χ0) is 25.0. The van der Waals surface area contributed by atoms with Gasteiger partial charge in [-0.3, -0.25) is 0 Å². The lowest BCUT2D eigenvalue weighted by molar-refractivity contribution is 0.208. The average molecular weight is 492 g/mol. The van der Waals surface area contributed by atoms with E-state index >= 15 is 0 Å². The molecule has 5 aromatic rings. The second kappa shape index (κ2) is 9.98. The predicted octanol–water partition coefficient (Wildman–Crippen LogP) is 4.96. The Morgan fingerprint density at radius 1 is 0.784 bits per heavy atom. The van der Waals surface area contributed by atoms with Gasteiger partial charge in [0, 0.05) is 31.9 Å². The molecule has 1 saturated heterocycles. The summed E-state index contributed by atoms with van der Waals surface area (Å²) in [5.74, 6) is 2.32. The lowest BCUT2D eigenvalue weighted by atomic mass is 10.2. The normalized spacial score (nSPS) is 13.5. The number of carbonyl (C=O) groups excluding carboxylic acids is 1. The van der Waals surface area contributed by atoms with Gasteiger partial charge >= 0.3 is 6.03 Å². The highest BCUT2D eigenvalue weighted by Crippen LogP contribution is 2.26. The molecular weight excluding hydrogens is 466 g/mol. The van der Waals surface area contributed by atoms with E-state index in [1.165, 1.54) is 0 Å². The number of hydrogen-bond donors (Lipinski definition) is 1. The molecule has 0 atom stereocenters. The van der Waals surface area contributed by atoms with Crippen LogP contribution in [0, 0.1) is 0 Å². The Hall–Kier alpha value is -4.92. The highest BCUT2D eigenvalue weighted by atomic mass is 16.5. The number of amides is 2. The average Bonchev–Trinajstić information content (AvgIpc) is 3.40. The van der Waals surface area contributed by atoms with Crippen LogP contribution < -0.4 is 15.0 Å². The van der Waals surface area contributed by atoms with Crippen molar-refractivity contribution >= 4 is 28.6 Å². The second-order valence-electron chi connectivity index (χ2n) is 8.67. The number of nitrogens with zero attached hydrogens (tertiary/aromatic N) is 6. The Morgan fingerprint density at radius 3 is 2.19 bits per heavy atom. The third-order valence-corrected chi connectivity index (χ3v) is 6.30. The number of hydrogen-bond acceptors (Lipinski definition) is 6. The summed E-state index contributed by atoms with van der Waals surface area (Å²) in [6.07, 6.45) is 3.38. The zero-order valence-electron chi connectivity index (χ0n) is 20.1. The Morgan fingerprint density at radius 2 is 1.46 bits per heavy atom. The van der Waals surface area contributed by atoms with Gasteiger partial charge in [-0.25, -0.2) is 19.4 Å². The third-order valence-electron chi connectivity index (χ3n) is 6.30. The van der Waals surface area contributed by atoms with Gasteiger partial charge in [0.15, 0.2) is 5.65 Å². The maximum absolute atomic E-state index is 12.9. The largest absolute Gasteiger partial charge is 0.457 e. The van der Waals surface area contributed by atoms with Crippen LogP contribution in [-0.2, 0) is 0 Å². The molecule has 184 valence electrons. The van der Waals surface area contributed by atoms with E-state index in [4.69, 9.17) is 4.74 Å². The monoisotopic (exact) mass is 491 g/mol. The summed E-state index contributed by atoms with van der Waals surface area (Å²) in [5, 5.41) is 8.42. The Kier molecular flexibility index (Phi) is 6.08. The number of rotatable bonds is 5. The summed E-state index contributed by atoms with van der Waals surface area (Å²) < 4.78 is 7.64. The number of ether oxygens (including phenoxy) is 1. The minimum atomic E-state index is -0.124. The first-order chi connectivity index (χ1) is 18.2. The fourth-order valence-electron chi connectivity index (χ4n) is 4.40. The van der Waals surface area contributed by atoms with Gasteiger partial charge in [0.1, 0.15) is 23.6 Å². The van der Waals surface area contributed by atoms with Gasteiger partial charge in [0.2, 0.25) is 0 Å². The molecule has 0 spiro atoms. The summed E-state index contributed by atoms with van der Waals surface area (Å²) in [6, 6.07) is 26.8. The van der Waals surface area contributed by atoms with Crippen LogP contribution in [0.3, 0.4) is 0 Å². The van der Waals surface area contributed by atoms with Crippen molar-refractivity contribution in [2.24, 2.45) is 0 Å². The topological polar surface area (TPSA) is 88.4 Å². The van der Waals surface area contributed by atoms with Crippen LogP contribution in [0.25, 0.3) is 16.7 Å². The summed E-state index contributed by atoms with van der Waals surface area (Å²) in [5.41, 5.74) is 2.43. The molecule has 0 aliphatic carbocycles. The fraction of sp³-hybridized carbons (Fsp3) is 0.143. The van der Waals surface area contributed by atoms with Gasteiger partial charge in [-0.15, -0.1) is 0 Å². The molecule has 6 rings (SSSR count). The number of urea groups is 1. The molecule has 0 saturated carbocycles. The first kappa shape index (κ1) is 22.5. The molecule has 9 nitrogen and oxygen atoms in total. The van der Waals surface area contributed by atoms with E-state index < -0.39 is 0 Å². The molecule has 2 amide bonds. The molecule has 37 heavy (non-hydrogen) atoms. The van der Waals surface area contributed by atoms with Crippen molar-refractivity contribution in [2.75, 3.05) is 36.4 Å². The quantitative estimate of drug-likeness (QED) is 0.374.